The van der Waals surface area contributed by atoms with Gasteiger partial charge in [0, 0.05) is 35.4 Å². The highest BCUT2D eigenvalue weighted by Gasteiger charge is 2.21. The molecule has 0 aromatic heterocycles. The van der Waals surface area contributed by atoms with E-state index in [1.807, 2.05) is 24.3 Å². The van der Waals surface area contributed by atoms with Crippen LogP contribution in [0.1, 0.15) is 6.42 Å². The SMILES string of the molecule is O=C(CCN1CCSC1=O)Nc1cccc(Br)c1. The summed E-state index contributed by atoms with van der Waals surface area (Å²) < 4.78 is 0.923. The quantitative estimate of drug-likeness (QED) is 0.924. The van der Waals surface area contributed by atoms with Crippen LogP contribution in [0.3, 0.4) is 0 Å². The Hall–Kier alpha value is -1.01. The van der Waals surface area contributed by atoms with E-state index in [-0.39, 0.29) is 11.1 Å². The molecule has 6 heteroatoms. The van der Waals surface area contributed by atoms with Gasteiger partial charge in [-0.3, -0.25) is 9.59 Å². The lowest BCUT2D eigenvalue weighted by Crippen LogP contribution is -2.27. The molecule has 96 valence electrons. The van der Waals surface area contributed by atoms with Gasteiger partial charge >= 0.3 is 0 Å². The molecule has 0 atom stereocenters. The molecule has 0 bridgehead atoms. The Morgan fingerprint density at radius 3 is 3.00 bits per heavy atom. The number of rotatable bonds is 4. The molecule has 4 nitrogen and oxygen atoms in total. The summed E-state index contributed by atoms with van der Waals surface area (Å²) in [7, 11) is 0. The van der Waals surface area contributed by atoms with Crippen molar-refractivity contribution in [2.75, 3.05) is 24.2 Å². The molecule has 1 aromatic carbocycles. The molecular formula is C12H13BrN2O2S. The smallest absolute Gasteiger partial charge is 0.281 e. The van der Waals surface area contributed by atoms with E-state index >= 15 is 0 Å². The second kappa shape index (κ2) is 6.24. The number of nitrogens with zero attached hydrogens (tertiary/aromatic N) is 1. The fraction of sp³-hybridized carbons (Fsp3) is 0.333. The average Bonchev–Trinajstić information content (AvgIpc) is 2.72. The molecule has 0 spiro atoms. The van der Waals surface area contributed by atoms with Crippen molar-refractivity contribution >= 4 is 44.5 Å². The Kier molecular flexibility index (Phi) is 4.66. The first-order valence-corrected chi connectivity index (χ1v) is 7.40. The lowest BCUT2D eigenvalue weighted by atomic mass is 10.3. The summed E-state index contributed by atoms with van der Waals surface area (Å²) in [6.45, 7) is 1.24. The van der Waals surface area contributed by atoms with Crippen LogP contribution in [0.4, 0.5) is 10.5 Å². The van der Waals surface area contributed by atoms with Crippen molar-refractivity contribution in [2.45, 2.75) is 6.42 Å². The van der Waals surface area contributed by atoms with Crippen molar-refractivity contribution in [3.05, 3.63) is 28.7 Å². The number of halogens is 1. The summed E-state index contributed by atoms with van der Waals surface area (Å²) >= 11 is 4.66. The van der Waals surface area contributed by atoms with Gasteiger partial charge < -0.3 is 10.2 Å². The first-order valence-electron chi connectivity index (χ1n) is 5.62. The van der Waals surface area contributed by atoms with Crippen LogP contribution in [0.5, 0.6) is 0 Å². The van der Waals surface area contributed by atoms with Crippen LogP contribution in [-0.2, 0) is 4.79 Å². The summed E-state index contributed by atoms with van der Waals surface area (Å²) in [6.07, 6.45) is 0.332. The lowest BCUT2D eigenvalue weighted by Gasteiger charge is -2.13. The standard InChI is InChI=1S/C12H13BrN2O2S/c13-9-2-1-3-10(8-9)14-11(16)4-5-15-6-7-18-12(15)17/h1-3,8H,4-7H2,(H,14,16). The van der Waals surface area contributed by atoms with Crippen LogP contribution < -0.4 is 5.32 Å². The zero-order chi connectivity index (χ0) is 13.0. The molecule has 1 aromatic rings. The van der Waals surface area contributed by atoms with Crippen molar-refractivity contribution in [3.63, 3.8) is 0 Å². The molecule has 1 aliphatic heterocycles. The maximum atomic E-state index is 11.7. The zero-order valence-electron chi connectivity index (χ0n) is 9.69. The fourth-order valence-electron chi connectivity index (χ4n) is 1.66. The van der Waals surface area contributed by atoms with Gasteiger partial charge in [0.1, 0.15) is 0 Å². The molecule has 0 aliphatic carbocycles. The number of carbonyl (C=O) groups is 2. The van der Waals surface area contributed by atoms with Crippen LogP contribution in [0.15, 0.2) is 28.7 Å². The normalized spacial score (nSPS) is 14.9. The van der Waals surface area contributed by atoms with Crippen molar-refractivity contribution in [2.24, 2.45) is 0 Å². The average molecular weight is 329 g/mol. The van der Waals surface area contributed by atoms with Crippen molar-refractivity contribution in [1.82, 2.24) is 4.90 Å². The second-order valence-corrected chi connectivity index (χ2v) is 5.87. The topological polar surface area (TPSA) is 49.4 Å². The molecule has 0 radical (unpaired) electrons. The summed E-state index contributed by atoms with van der Waals surface area (Å²) in [5.41, 5.74) is 0.761. The van der Waals surface area contributed by atoms with Crippen LogP contribution in [0.25, 0.3) is 0 Å². The van der Waals surface area contributed by atoms with Gasteiger partial charge in [-0.05, 0) is 18.2 Å². The zero-order valence-corrected chi connectivity index (χ0v) is 12.1. The number of carbonyl (C=O) groups excluding carboxylic acids is 2. The van der Waals surface area contributed by atoms with Crippen LogP contribution in [-0.4, -0.2) is 34.9 Å². The van der Waals surface area contributed by atoms with Crippen LogP contribution in [0.2, 0.25) is 0 Å². The lowest BCUT2D eigenvalue weighted by molar-refractivity contribution is -0.116. The van der Waals surface area contributed by atoms with Gasteiger partial charge in [-0.2, -0.15) is 0 Å². The summed E-state index contributed by atoms with van der Waals surface area (Å²) in [5.74, 6) is 0.754. The minimum absolute atomic E-state index is 0.0715. The highest BCUT2D eigenvalue weighted by Crippen LogP contribution is 2.18. The van der Waals surface area contributed by atoms with Gasteiger partial charge in [-0.15, -0.1) is 0 Å². The van der Waals surface area contributed by atoms with E-state index in [2.05, 4.69) is 21.2 Å². The van der Waals surface area contributed by atoms with E-state index in [4.69, 9.17) is 0 Å². The highest BCUT2D eigenvalue weighted by atomic mass is 79.9. The monoisotopic (exact) mass is 328 g/mol. The molecule has 2 amide bonds. The largest absolute Gasteiger partial charge is 0.332 e. The number of hydrogen-bond donors (Lipinski definition) is 1. The first-order chi connectivity index (χ1) is 8.65. The van der Waals surface area contributed by atoms with Gasteiger partial charge in [0.05, 0.1) is 0 Å². The van der Waals surface area contributed by atoms with E-state index in [0.29, 0.717) is 13.0 Å². The van der Waals surface area contributed by atoms with Gasteiger partial charge in [-0.25, -0.2) is 0 Å². The minimum Gasteiger partial charge on any atom is -0.332 e. The number of nitrogens with one attached hydrogen (secondary N) is 1. The third kappa shape index (κ3) is 3.74. The predicted octanol–water partition coefficient (Wildman–Crippen LogP) is 2.95. The Morgan fingerprint density at radius 1 is 1.50 bits per heavy atom. The summed E-state index contributed by atoms with van der Waals surface area (Å²) in [5, 5.41) is 2.88. The second-order valence-electron chi connectivity index (χ2n) is 3.91. The van der Waals surface area contributed by atoms with Gasteiger partial charge in [0.25, 0.3) is 5.24 Å². The molecule has 0 saturated carbocycles. The third-order valence-corrected chi connectivity index (χ3v) is 3.95. The van der Waals surface area contributed by atoms with E-state index < -0.39 is 0 Å². The van der Waals surface area contributed by atoms with Crippen molar-refractivity contribution < 1.29 is 9.59 Å². The van der Waals surface area contributed by atoms with Crippen LogP contribution >= 0.6 is 27.7 Å². The molecule has 1 heterocycles. The van der Waals surface area contributed by atoms with E-state index in [9.17, 15) is 9.59 Å². The van der Waals surface area contributed by atoms with Crippen molar-refractivity contribution in [1.29, 1.82) is 0 Å². The summed E-state index contributed by atoms with van der Waals surface area (Å²) in [6, 6.07) is 7.43. The maximum absolute atomic E-state index is 11.7. The molecular weight excluding hydrogens is 316 g/mol. The predicted molar refractivity (Wildman–Crippen MR) is 76.8 cm³/mol. The molecule has 0 unspecified atom stereocenters. The molecule has 1 aliphatic rings. The fourth-order valence-corrected chi connectivity index (χ4v) is 2.91. The number of hydrogen-bond acceptors (Lipinski definition) is 3. The highest BCUT2D eigenvalue weighted by molar-refractivity contribution is 9.10. The number of thioether (sulfide) groups is 1. The van der Waals surface area contributed by atoms with E-state index in [0.717, 1.165) is 22.5 Å². The number of anilines is 1. The Balaban J connectivity index is 1.80. The molecule has 1 fully saturated rings. The number of amides is 2. The Morgan fingerprint density at radius 2 is 2.33 bits per heavy atom. The Bertz CT molecular complexity index is 467. The van der Waals surface area contributed by atoms with Crippen LogP contribution in [0, 0.1) is 0 Å². The van der Waals surface area contributed by atoms with Gasteiger partial charge in [-0.1, -0.05) is 33.8 Å². The Labute approximate surface area is 118 Å². The van der Waals surface area contributed by atoms with Gasteiger partial charge in [0.15, 0.2) is 0 Å². The van der Waals surface area contributed by atoms with E-state index in [1.165, 1.54) is 11.8 Å². The van der Waals surface area contributed by atoms with Crippen molar-refractivity contribution in [3.8, 4) is 0 Å². The molecule has 2 rings (SSSR count). The number of benzene rings is 1. The molecule has 1 N–H and O–H groups in total. The molecule has 18 heavy (non-hydrogen) atoms. The third-order valence-electron chi connectivity index (χ3n) is 2.56. The van der Waals surface area contributed by atoms with Gasteiger partial charge in [0.2, 0.25) is 5.91 Å². The molecule has 1 saturated heterocycles. The minimum atomic E-state index is -0.0715. The first kappa shape index (κ1) is 13.4. The summed E-state index contributed by atoms with van der Waals surface area (Å²) in [4.78, 5) is 24.8. The maximum Gasteiger partial charge on any atom is 0.281 e. The van der Waals surface area contributed by atoms with E-state index in [1.54, 1.807) is 4.90 Å².